The number of nitriles is 1. The van der Waals surface area contributed by atoms with E-state index in [0.717, 1.165) is 16.5 Å². The first-order chi connectivity index (χ1) is 15.9. The lowest BCUT2D eigenvalue weighted by molar-refractivity contribution is -0.385. The van der Waals surface area contributed by atoms with Crippen molar-refractivity contribution in [3.8, 4) is 23.4 Å². The fourth-order valence-electron chi connectivity index (χ4n) is 4.20. The minimum Gasteiger partial charge on any atom is -0.502 e. The molecule has 1 atom stereocenters. The Hall–Kier alpha value is -4.84. The van der Waals surface area contributed by atoms with Crippen molar-refractivity contribution in [1.29, 1.82) is 5.26 Å². The number of aromatic nitrogens is 2. The molecule has 0 aliphatic carbocycles. The van der Waals surface area contributed by atoms with Gasteiger partial charge in [-0.25, -0.2) is 4.68 Å². The molecule has 1 unspecified atom stereocenters. The molecule has 9 nitrogen and oxygen atoms in total. The molecule has 0 amide bonds. The number of aryl methyl sites for hydroxylation is 1. The number of nitro groups is 1. The third-order valence-electron chi connectivity index (χ3n) is 5.74. The third-order valence-corrected chi connectivity index (χ3v) is 5.74. The first kappa shape index (κ1) is 20.1. The first-order valence-electron chi connectivity index (χ1n) is 10.0. The van der Waals surface area contributed by atoms with E-state index in [1.165, 1.54) is 18.2 Å². The lowest BCUT2D eigenvalue weighted by atomic mass is 9.84. The number of rotatable bonds is 3. The standard InChI is InChI=1S/C24H17N5O4/c1-13-21-22(16-7-9-20(30)19(11-16)29(31)32)18(12-25)23(26)33-24(21)28(27-13)17-8-6-14-4-2-3-5-15(14)10-17/h2-11,22,30H,26H2,1H3. The van der Waals surface area contributed by atoms with Crippen LogP contribution in [0, 0.1) is 28.4 Å². The second-order valence-electron chi connectivity index (χ2n) is 7.68. The van der Waals surface area contributed by atoms with Crippen LogP contribution in [0.15, 0.2) is 72.1 Å². The first-order valence-corrected chi connectivity index (χ1v) is 10.0. The van der Waals surface area contributed by atoms with E-state index in [0.29, 0.717) is 22.7 Å². The van der Waals surface area contributed by atoms with Gasteiger partial charge in [-0.05, 0) is 41.5 Å². The number of aromatic hydroxyl groups is 1. The average Bonchev–Trinajstić information content (AvgIpc) is 3.13. The number of nitrogens with two attached hydrogens (primary N) is 1. The average molecular weight is 439 g/mol. The van der Waals surface area contributed by atoms with Crippen LogP contribution in [0.25, 0.3) is 16.5 Å². The fraction of sp³-hybridized carbons (Fsp3) is 0.0833. The molecule has 0 fully saturated rings. The lowest BCUT2D eigenvalue weighted by Gasteiger charge is -2.24. The Bertz CT molecular complexity index is 1530. The zero-order valence-electron chi connectivity index (χ0n) is 17.4. The Morgan fingerprint density at radius 1 is 1.18 bits per heavy atom. The number of fused-ring (bicyclic) bond motifs is 2. The van der Waals surface area contributed by atoms with E-state index in [1.54, 1.807) is 11.6 Å². The number of phenols is 1. The third kappa shape index (κ3) is 3.13. The van der Waals surface area contributed by atoms with Gasteiger partial charge >= 0.3 is 5.69 Å². The maximum atomic E-state index is 11.4. The van der Waals surface area contributed by atoms with Crippen LogP contribution in [0.3, 0.4) is 0 Å². The summed E-state index contributed by atoms with van der Waals surface area (Å²) in [6.45, 7) is 1.78. The number of nitrogens with zero attached hydrogens (tertiary/aromatic N) is 4. The van der Waals surface area contributed by atoms with Gasteiger partial charge in [-0.2, -0.15) is 10.4 Å². The van der Waals surface area contributed by atoms with Crippen LogP contribution in [-0.2, 0) is 0 Å². The molecule has 3 aromatic carbocycles. The molecule has 0 bridgehead atoms. The summed E-state index contributed by atoms with van der Waals surface area (Å²) < 4.78 is 7.47. The number of hydrogen-bond acceptors (Lipinski definition) is 7. The van der Waals surface area contributed by atoms with E-state index in [1.807, 2.05) is 42.5 Å². The number of hydrogen-bond donors (Lipinski definition) is 2. The fourth-order valence-corrected chi connectivity index (χ4v) is 4.20. The predicted octanol–water partition coefficient (Wildman–Crippen LogP) is 4.17. The van der Waals surface area contributed by atoms with Crippen LogP contribution in [0.4, 0.5) is 5.69 Å². The Kier molecular flexibility index (Phi) is 4.50. The van der Waals surface area contributed by atoms with E-state index in [4.69, 9.17) is 10.5 Å². The molecule has 1 aliphatic heterocycles. The van der Waals surface area contributed by atoms with Crippen molar-refractivity contribution in [2.24, 2.45) is 5.73 Å². The summed E-state index contributed by atoms with van der Waals surface area (Å²) in [5.41, 5.74) is 8.09. The van der Waals surface area contributed by atoms with Crippen molar-refractivity contribution in [3.63, 3.8) is 0 Å². The summed E-state index contributed by atoms with van der Waals surface area (Å²) in [6, 6.07) is 19.8. The molecule has 2 heterocycles. The molecule has 3 N–H and O–H groups in total. The summed E-state index contributed by atoms with van der Waals surface area (Å²) in [5, 5.41) is 37.8. The maximum absolute atomic E-state index is 11.4. The van der Waals surface area contributed by atoms with Gasteiger partial charge in [-0.15, -0.1) is 0 Å². The highest BCUT2D eigenvalue weighted by molar-refractivity contribution is 5.84. The van der Waals surface area contributed by atoms with Gasteiger partial charge in [0.05, 0.1) is 27.8 Å². The SMILES string of the molecule is Cc1nn(-c2ccc3ccccc3c2)c2c1C(c1ccc(O)c([N+](=O)[O-])c1)C(C#N)=C(N)O2. The molecule has 1 aliphatic rings. The molecule has 9 heteroatoms. The second kappa shape index (κ2) is 7.39. The summed E-state index contributed by atoms with van der Waals surface area (Å²) in [6.07, 6.45) is 0. The monoisotopic (exact) mass is 439 g/mol. The zero-order valence-corrected chi connectivity index (χ0v) is 17.4. The molecule has 0 spiro atoms. The van der Waals surface area contributed by atoms with Gasteiger partial charge in [0.1, 0.15) is 11.6 Å². The predicted molar refractivity (Wildman–Crippen MR) is 120 cm³/mol. The highest BCUT2D eigenvalue weighted by atomic mass is 16.6. The van der Waals surface area contributed by atoms with Crippen molar-refractivity contribution in [2.45, 2.75) is 12.8 Å². The van der Waals surface area contributed by atoms with E-state index in [2.05, 4.69) is 11.2 Å². The summed E-state index contributed by atoms with van der Waals surface area (Å²) in [5.74, 6) is -0.977. The largest absolute Gasteiger partial charge is 0.502 e. The minimum atomic E-state index is -0.743. The van der Waals surface area contributed by atoms with Gasteiger partial charge in [-0.1, -0.05) is 36.4 Å². The second-order valence-corrected chi connectivity index (χ2v) is 7.68. The van der Waals surface area contributed by atoms with Gasteiger partial charge in [0.2, 0.25) is 11.8 Å². The van der Waals surface area contributed by atoms with Crippen molar-refractivity contribution in [3.05, 3.63) is 99.1 Å². The Morgan fingerprint density at radius 3 is 2.67 bits per heavy atom. The smallest absolute Gasteiger partial charge is 0.311 e. The van der Waals surface area contributed by atoms with E-state index < -0.39 is 22.3 Å². The van der Waals surface area contributed by atoms with Crippen LogP contribution in [0.5, 0.6) is 11.6 Å². The zero-order chi connectivity index (χ0) is 23.3. The normalized spacial score (nSPS) is 15.1. The van der Waals surface area contributed by atoms with Crippen LogP contribution in [-0.4, -0.2) is 19.8 Å². The van der Waals surface area contributed by atoms with E-state index in [-0.39, 0.29) is 11.5 Å². The molecular weight excluding hydrogens is 422 g/mol. The van der Waals surface area contributed by atoms with Crippen LogP contribution < -0.4 is 10.5 Å². The van der Waals surface area contributed by atoms with Crippen LogP contribution in [0.1, 0.15) is 22.7 Å². The molecule has 33 heavy (non-hydrogen) atoms. The Balaban J connectivity index is 1.73. The van der Waals surface area contributed by atoms with Crippen molar-refractivity contribution in [2.75, 3.05) is 0 Å². The highest BCUT2D eigenvalue weighted by Crippen LogP contribution is 2.46. The summed E-state index contributed by atoms with van der Waals surface area (Å²) in [4.78, 5) is 10.7. The number of benzene rings is 3. The van der Waals surface area contributed by atoms with E-state index >= 15 is 0 Å². The molecular formula is C24H17N5O4. The van der Waals surface area contributed by atoms with Crippen LogP contribution in [0.2, 0.25) is 0 Å². The van der Waals surface area contributed by atoms with Crippen molar-refractivity contribution >= 4 is 16.5 Å². The molecule has 0 saturated heterocycles. The van der Waals surface area contributed by atoms with Gasteiger partial charge < -0.3 is 15.6 Å². The van der Waals surface area contributed by atoms with Crippen LogP contribution >= 0.6 is 0 Å². The molecule has 1 aromatic heterocycles. The van der Waals surface area contributed by atoms with Gasteiger partial charge in [-0.3, -0.25) is 10.1 Å². The quantitative estimate of drug-likeness (QED) is 0.361. The lowest BCUT2D eigenvalue weighted by Crippen LogP contribution is -2.22. The van der Waals surface area contributed by atoms with Crippen molar-refractivity contribution in [1.82, 2.24) is 9.78 Å². The number of ether oxygens (including phenoxy) is 1. The number of allylic oxidation sites excluding steroid dienone is 1. The molecule has 0 radical (unpaired) electrons. The van der Waals surface area contributed by atoms with Gasteiger partial charge in [0.15, 0.2) is 5.75 Å². The molecule has 4 aromatic rings. The molecule has 5 rings (SSSR count). The number of phenolic OH excluding ortho intramolecular Hbond substituents is 1. The Labute approximate surface area is 187 Å². The maximum Gasteiger partial charge on any atom is 0.311 e. The van der Waals surface area contributed by atoms with Gasteiger partial charge in [0, 0.05) is 6.07 Å². The Morgan fingerprint density at radius 2 is 1.94 bits per heavy atom. The summed E-state index contributed by atoms with van der Waals surface area (Å²) in [7, 11) is 0. The number of nitro benzene ring substituents is 1. The topological polar surface area (TPSA) is 140 Å². The van der Waals surface area contributed by atoms with Gasteiger partial charge in [0.25, 0.3) is 0 Å². The highest BCUT2D eigenvalue weighted by Gasteiger charge is 2.37. The molecule has 0 saturated carbocycles. The minimum absolute atomic E-state index is 0.104. The molecule has 162 valence electrons. The van der Waals surface area contributed by atoms with E-state index in [9.17, 15) is 20.5 Å². The summed E-state index contributed by atoms with van der Waals surface area (Å²) >= 11 is 0. The van der Waals surface area contributed by atoms with Crippen molar-refractivity contribution < 1.29 is 14.8 Å².